The van der Waals surface area contributed by atoms with Crippen LogP contribution in [0.1, 0.15) is 53.9 Å². The molecule has 1 amide bonds. The Hall–Kier alpha value is -3.18. The normalized spacial score (nSPS) is 23.4. The summed E-state index contributed by atoms with van der Waals surface area (Å²) < 4.78 is 5.60. The number of piperidine rings is 1. The Morgan fingerprint density at radius 3 is 2.44 bits per heavy atom. The van der Waals surface area contributed by atoms with Crippen LogP contribution in [0.15, 0.2) is 60.7 Å². The number of rotatable bonds is 4. The molecule has 2 heterocycles. The Bertz CT molecular complexity index is 1250. The molecule has 5 heteroatoms. The van der Waals surface area contributed by atoms with Gasteiger partial charge in [-0.05, 0) is 83.0 Å². The minimum Gasteiger partial charge on any atom is -0.478 e. The highest BCUT2D eigenvalue weighted by atomic mass is 16.5. The second-order valence-corrected chi connectivity index (χ2v) is 10.1. The zero-order valence-corrected chi connectivity index (χ0v) is 19.2. The van der Waals surface area contributed by atoms with Gasteiger partial charge in [-0.3, -0.25) is 4.79 Å². The number of amides is 1. The highest BCUT2D eigenvalue weighted by molar-refractivity contribution is 6.04. The smallest absolute Gasteiger partial charge is 0.336 e. The summed E-state index contributed by atoms with van der Waals surface area (Å²) in [7, 11) is 0. The van der Waals surface area contributed by atoms with Crippen LogP contribution >= 0.6 is 0 Å². The van der Waals surface area contributed by atoms with Crippen molar-refractivity contribution in [1.82, 2.24) is 4.90 Å². The Balaban J connectivity index is 1.14. The van der Waals surface area contributed by atoms with Crippen LogP contribution < -0.4 is 0 Å². The molecule has 6 rings (SSSR count). The maximum Gasteiger partial charge on any atom is 0.336 e. The first-order valence-corrected chi connectivity index (χ1v) is 12.3. The quantitative estimate of drug-likeness (QED) is 0.566. The van der Waals surface area contributed by atoms with Gasteiger partial charge in [0, 0.05) is 19.7 Å². The average Bonchev–Trinajstić information content (AvgIpc) is 3.28. The number of carbonyl (C=O) groups is 2. The van der Waals surface area contributed by atoms with E-state index in [9.17, 15) is 14.7 Å². The molecule has 5 nitrogen and oxygen atoms in total. The van der Waals surface area contributed by atoms with E-state index in [4.69, 9.17) is 4.74 Å². The molecule has 1 spiro atoms. The topological polar surface area (TPSA) is 66.8 Å². The van der Waals surface area contributed by atoms with Crippen molar-refractivity contribution in [2.24, 2.45) is 5.41 Å². The van der Waals surface area contributed by atoms with Gasteiger partial charge in [-0.2, -0.15) is 0 Å². The fraction of sp³-hybridized carbons (Fsp3) is 0.379. The van der Waals surface area contributed by atoms with Crippen molar-refractivity contribution in [3.63, 3.8) is 0 Å². The van der Waals surface area contributed by atoms with E-state index in [0.29, 0.717) is 16.9 Å². The number of likely N-dealkylation sites (tertiary alicyclic amines) is 1. The fourth-order valence-electron chi connectivity index (χ4n) is 6.08. The molecule has 2 aliphatic heterocycles. The zero-order valence-electron chi connectivity index (χ0n) is 19.2. The summed E-state index contributed by atoms with van der Waals surface area (Å²) in [4.78, 5) is 26.2. The lowest BCUT2D eigenvalue weighted by Crippen LogP contribution is -2.44. The summed E-state index contributed by atoms with van der Waals surface area (Å²) in [6.07, 6.45) is 5.02. The van der Waals surface area contributed by atoms with Crippen molar-refractivity contribution in [2.45, 2.75) is 44.1 Å². The van der Waals surface area contributed by atoms with Gasteiger partial charge in [-0.1, -0.05) is 48.5 Å². The second kappa shape index (κ2) is 8.24. The first kappa shape index (κ1) is 21.4. The first-order chi connectivity index (χ1) is 16.5. The summed E-state index contributed by atoms with van der Waals surface area (Å²) in [5.41, 5.74) is 4.30. The SMILES string of the molecule is O=C(O)c1cccc2cc(-c3ccc([C@@H]4CC45CCN(C(=O)[C@H]4CCCO4)CC5)cc3)ccc12. The fourth-order valence-corrected chi connectivity index (χ4v) is 6.08. The first-order valence-electron chi connectivity index (χ1n) is 12.3. The minimum atomic E-state index is -0.900. The number of hydrogen-bond acceptors (Lipinski definition) is 3. The van der Waals surface area contributed by atoms with Crippen molar-refractivity contribution in [3.05, 3.63) is 71.8 Å². The number of benzene rings is 3. The van der Waals surface area contributed by atoms with Crippen molar-refractivity contribution in [3.8, 4) is 11.1 Å². The third kappa shape index (κ3) is 3.68. The third-order valence-electron chi connectivity index (χ3n) is 8.22. The van der Waals surface area contributed by atoms with Gasteiger partial charge >= 0.3 is 5.97 Å². The molecule has 0 radical (unpaired) electrons. The summed E-state index contributed by atoms with van der Waals surface area (Å²) in [6, 6.07) is 20.2. The van der Waals surface area contributed by atoms with Gasteiger partial charge in [-0.25, -0.2) is 4.79 Å². The van der Waals surface area contributed by atoms with E-state index >= 15 is 0 Å². The lowest BCUT2D eigenvalue weighted by molar-refractivity contribution is -0.142. The van der Waals surface area contributed by atoms with Crippen LogP contribution in [0.3, 0.4) is 0 Å². The molecule has 3 aromatic carbocycles. The summed E-state index contributed by atoms with van der Waals surface area (Å²) in [5.74, 6) is -0.126. The molecule has 34 heavy (non-hydrogen) atoms. The summed E-state index contributed by atoms with van der Waals surface area (Å²) >= 11 is 0. The highest BCUT2D eigenvalue weighted by Gasteiger charge is 2.55. The number of carboxylic acid groups (broad SMARTS) is 1. The average molecular weight is 456 g/mol. The highest BCUT2D eigenvalue weighted by Crippen LogP contribution is 2.65. The molecule has 3 aromatic rings. The van der Waals surface area contributed by atoms with E-state index in [1.165, 1.54) is 12.0 Å². The molecule has 0 bridgehead atoms. The number of fused-ring (bicyclic) bond motifs is 1. The maximum absolute atomic E-state index is 12.7. The van der Waals surface area contributed by atoms with Crippen LogP contribution in [0.2, 0.25) is 0 Å². The molecule has 174 valence electrons. The molecule has 3 aliphatic rings. The molecule has 0 aromatic heterocycles. The molecule has 2 saturated heterocycles. The molecule has 1 aliphatic carbocycles. The van der Waals surface area contributed by atoms with Crippen LogP contribution in [-0.2, 0) is 9.53 Å². The van der Waals surface area contributed by atoms with E-state index in [0.717, 1.165) is 67.3 Å². The van der Waals surface area contributed by atoms with Crippen LogP contribution in [0.4, 0.5) is 0 Å². The molecular weight excluding hydrogens is 426 g/mol. The minimum absolute atomic E-state index is 0.194. The standard InChI is InChI=1S/C29H29NO4/c31-27(26-5-2-16-34-26)30-14-12-29(13-15-30)18-25(29)20-8-6-19(7-9-20)21-10-11-23-22(17-21)3-1-4-24(23)28(32)33/h1,3-4,6-11,17,25-26H,2,5,12-16,18H2,(H,32,33)/t25-,26+/m0/s1. The van der Waals surface area contributed by atoms with Crippen molar-refractivity contribution in [1.29, 1.82) is 0 Å². The van der Waals surface area contributed by atoms with E-state index in [1.54, 1.807) is 12.1 Å². The Morgan fingerprint density at radius 1 is 0.971 bits per heavy atom. The van der Waals surface area contributed by atoms with Gasteiger partial charge < -0.3 is 14.7 Å². The third-order valence-corrected chi connectivity index (χ3v) is 8.22. The molecule has 0 unspecified atom stereocenters. The second-order valence-electron chi connectivity index (χ2n) is 10.1. The Morgan fingerprint density at radius 2 is 1.74 bits per heavy atom. The van der Waals surface area contributed by atoms with Crippen LogP contribution in [0, 0.1) is 5.41 Å². The van der Waals surface area contributed by atoms with Gasteiger partial charge in [0.05, 0.1) is 5.56 Å². The predicted molar refractivity (Wildman–Crippen MR) is 131 cm³/mol. The van der Waals surface area contributed by atoms with E-state index in [-0.39, 0.29) is 12.0 Å². The number of carboxylic acids is 1. The Labute approximate surface area is 199 Å². The van der Waals surface area contributed by atoms with Gasteiger partial charge in [-0.15, -0.1) is 0 Å². The molecule has 1 N–H and O–H groups in total. The van der Waals surface area contributed by atoms with Gasteiger partial charge in [0.1, 0.15) is 6.10 Å². The number of carbonyl (C=O) groups excluding carboxylic acids is 1. The van der Waals surface area contributed by atoms with E-state index < -0.39 is 5.97 Å². The van der Waals surface area contributed by atoms with Crippen molar-refractivity contribution < 1.29 is 19.4 Å². The van der Waals surface area contributed by atoms with Crippen molar-refractivity contribution >= 4 is 22.6 Å². The van der Waals surface area contributed by atoms with Crippen LogP contribution in [0.5, 0.6) is 0 Å². The molecular formula is C29H29NO4. The number of ether oxygens (including phenoxy) is 1. The predicted octanol–water partition coefficient (Wildman–Crippen LogP) is 5.48. The van der Waals surface area contributed by atoms with Gasteiger partial charge in [0.2, 0.25) is 0 Å². The van der Waals surface area contributed by atoms with Crippen LogP contribution in [-0.4, -0.2) is 47.7 Å². The van der Waals surface area contributed by atoms with E-state index in [1.807, 2.05) is 23.1 Å². The Kier molecular flexibility index (Phi) is 5.18. The van der Waals surface area contributed by atoms with Crippen molar-refractivity contribution in [2.75, 3.05) is 19.7 Å². The summed E-state index contributed by atoms with van der Waals surface area (Å²) in [5, 5.41) is 11.1. The lowest BCUT2D eigenvalue weighted by atomic mass is 9.88. The molecule has 3 fully saturated rings. The number of nitrogens with zero attached hydrogens (tertiary/aromatic N) is 1. The zero-order chi connectivity index (χ0) is 23.3. The summed E-state index contributed by atoms with van der Waals surface area (Å²) in [6.45, 7) is 2.42. The monoisotopic (exact) mass is 455 g/mol. The van der Waals surface area contributed by atoms with E-state index in [2.05, 4.69) is 30.3 Å². The lowest BCUT2D eigenvalue weighted by Gasteiger charge is -2.34. The van der Waals surface area contributed by atoms with Crippen LogP contribution in [0.25, 0.3) is 21.9 Å². The molecule has 2 atom stereocenters. The largest absolute Gasteiger partial charge is 0.478 e. The maximum atomic E-state index is 12.7. The molecule has 1 saturated carbocycles. The number of aromatic carboxylic acids is 1. The number of hydrogen-bond donors (Lipinski definition) is 1. The van der Waals surface area contributed by atoms with Gasteiger partial charge in [0.25, 0.3) is 5.91 Å². The van der Waals surface area contributed by atoms with Gasteiger partial charge in [0.15, 0.2) is 0 Å².